The van der Waals surface area contributed by atoms with E-state index >= 15 is 0 Å². The second kappa shape index (κ2) is 9.92. The van der Waals surface area contributed by atoms with Gasteiger partial charge in [-0.1, -0.05) is 19.9 Å². The lowest BCUT2D eigenvalue weighted by atomic mass is 10.1. The third-order valence-corrected chi connectivity index (χ3v) is 8.14. The second-order valence-electron chi connectivity index (χ2n) is 8.23. The smallest absolute Gasteiger partial charge is 0.243 e. The minimum atomic E-state index is -3.59. The Hall–Kier alpha value is -3.64. The minimum Gasteiger partial charge on any atom is -0.325 e. The summed E-state index contributed by atoms with van der Waals surface area (Å²) in [6, 6.07) is 11.7. The molecule has 0 radical (unpaired) electrons. The predicted octanol–water partition coefficient (Wildman–Crippen LogP) is 1.99. The maximum atomic E-state index is 13.0. The largest absolute Gasteiger partial charge is 0.325 e. The lowest BCUT2D eigenvalue weighted by molar-refractivity contribution is -0.122. The number of carbonyl (C=O) groups excluding carboxylic acids is 2. The number of tetrazole rings is 1. The van der Waals surface area contributed by atoms with Crippen molar-refractivity contribution in [1.29, 1.82) is 0 Å². The SMILES string of the molecule is CCN(CC)S(=O)(=O)c1ccc(N2CC(C(=O)Nc3cc(-n4cnnn4)ccc3C)CC2=O)cc1. The number of hydrogen-bond acceptors (Lipinski definition) is 7. The van der Waals surface area contributed by atoms with Crippen LogP contribution in [0.5, 0.6) is 0 Å². The van der Waals surface area contributed by atoms with Crippen molar-refractivity contribution in [2.45, 2.75) is 32.1 Å². The summed E-state index contributed by atoms with van der Waals surface area (Å²) in [5.41, 5.74) is 2.72. The Bertz CT molecular complexity index is 1320. The van der Waals surface area contributed by atoms with Crippen LogP contribution in [0.15, 0.2) is 53.7 Å². The standard InChI is InChI=1S/C23H27N7O4S/c1-4-28(5-2)35(33,34)20-10-8-18(9-11-20)29-14-17(12-22(29)31)23(32)25-21-13-19(7-6-16(21)3)30-15-24-26-27-30/h6-11,13,15,17H,4-5,12,14H2,1-3H3,(H,25,32). The average Bonchev–Trinajstić information content (AvgIpc) is 3.51. The van der Waals surface area contributed by atoms with E-state index in [1.165, 1.54) is 32.3 Å². The van der Waals surface area contributed by atoms with Crippen LogP contribution in [0.25, 0.3) is 5.69 Å². The third-order valence-electron chi connectivity index (χ3n) is 6.08. The number of nitrogens with zero attached hydrogens (tertiary/aromatic N) is 6. The monoisotopic (exact) mass is 497 g/mol. The van der Waals surface area contributed by atoms with Crippen molar-refractivity contribution in [3.05, 3.63) is 54.4 Å². The molecule has 11 nitrogen and oxygen atoms in total. The van der Waals surface area contributed by atoms with Crippen LogP contribution in [0.1, 0.15) is 25.8 Å². The van der Waals surface area contributed by atoms with Gasteiger partial charge in [-0.2, -0.15) is 4.31 Å². The summed E-state index contributed by atoms with van der Waals surface area (Å²) in [5.74, 6) is -1.00. The van der Waals surface area contributed by atoms with E-state index in [2.05, 4.69) is 20.8 Å². The summed E-state index contributed by atoms with van der Waals surface area (Å²) >= 11 is 0. The van der Waals surface area contributed by atoms with Gasteiger partial charge >= 0.3 is 0 Å². The Labute approximate surface area is 203 Å². The van der Waals surface area contributed by atoms with Crippen LogP contribution < -0.4 is 10.2 Å². The van der Waals surface area contributed by atoms with Gasteiger partial charge in [-0.05, 0) is 59.3 Å². The molecule has 0 aliphatic carbocycles. The van der Waals surface area contributed by atoms with E-state index in [-0.39, 0.29) is 29.7 Å². The van der Waals surface area contributed by atoms with Crippen molar-refractivity contribution >= 4 is 33.2 Å². The number of sulfonamides is 1. The van der Waals surface area contributed by atoms with Crippen LogP contribution in [0, 0.1) is 12.8 Å². The van der Waals surface area contributed by atoms with Gasteiger partial charge in [0.1, 0.15) is 6.33 Å². The maximum Gasteiger partial charge on any atom is 0.243 e. The van der Waals surface area contributed by atoms with E-state index in [0.29, 0.717) is 30.2 Å². The van der Waals surface area contributed by atoms with Gasteiger partial charge in [0, 0.05) is 37.4 Å². The number of hydrogen-bond donors (Lipinski definition) is 1. The lowest BCUT2D eigenvalue weighted by Crippen LogP contribution is -2.31. The molecule has 1 N–H and O–H groups in total. The number of rotatable bonds is 8. The Kier molecular flexibility index (Phi) is 6.94. The highest BCUT2D eigenvalue weighted by Gasteiger charge is 2.35. The van der Waals surface area contributed by atoms with Gasteiger partial charge in [-0.25, -0.2) is 13.1 Å². The van der Waals surface area contributed by atoms with E-state index in [1.807, 2.05) is 19.1 Å². The number of aromatic nitrogens is 4. The lowest BCUT2D eigenvalue weighted by Gasteiger charge is -2.20. The summed E-state index contributed by atoms with van der Waals surface area (Å²) < 4.78 is 28.3. The Balaban J connectivity index is 1.47. The second-order valence-corrected chi connectivity index (χ2v) is 10.2. The van der Waals surface area contributed by atoms with Crippen LogP contribution in [0.2, 0.25) is 0 Å². The molecule has 0 spiro atoms. The molecule has 2 aromatic carbocycles. The third kappa shape index (κ3) is 4.93. The molecule has 1 aliphatic rings. The van der Waals surface area contributed by atoms with Gasteiger partial charge < -0.3 is 10.2 Å². The zero-order valence-corrected chi connectivity index (χ0v) is 20.6. The number of anilines is 2. The molecule has 1 atom stereocenters. The molecule has 0 bridgehead atoms. The molecular weight excluding hydrogens is 470 g/mol. The van der Waals surface area contributed by atoms with E-state index in [0.717, 1.165) is 5.56 Å². The highest BCUT2D eigenvalue weighted by molar-refractivity contribution is 7.89. The van der Waals surface area contributed by atoms with Gasteiger partial charge in [0.05, 0.1) is 16.5 Å². The molecule has 2 heterocycles. The molecule has 1 fully saturated rings. The van der Waals surface area contributed by atoms with Crippen molar-refractivity contribution < 1.29 is 18.0 Å². The van der Waals surface area contributed by atoms with Gasteiger partial charge in [-0.3, -0.25) is 9.59 Å². The maximum absolute atomic E-state index is 13.0. The summed E-state index contributed by atoms with van der Waals surface area (Å²) in [7, 11) is -3.59. The van der Waals surface area contributed by atoms with Crippen molar-refractivity contribution in [2.75, 3.05) is 29.9 Å². The number of aryl methyl sites for hydroxylation is 1. The highest BCUT2D eigenvalue weighted by Crippen LogP contribution is 2.28. The summed E-state index contributed by atoms with van der Waals surface area (Å²) in [4.78, 5) is 27.4. The molecule has 12 heteroatoms. The van der Waals surface area contributed by atoms with E-state index in [1.54, 1.807) is 32.0 Å². The Morgan fingerprint density at radius 2 is 1.80 bits per heavy atom. The van der Waals surface area contributed by atoms with Gasteiger partial charge in [0.15, 0.2) is 0 Å². The molecule has 0 saturated carbocycles. The fraction of sp³-hybridized carbons (Fsp3) is 0.348. The van der Waals surface area contributed by atoms with E-state index < -0.39 is 15.9 Å². The topological polar surface area (TPSA) is 130 Å². The molecule has 4 rings (SSSR count). The number of nitrogens with one attached hydrogen (secondary N) is 1. The normalized spacial score (nSPS) is 16.2. The molecule has 35 heavy (non-hydrogen) atoms. The van der Waals surface area contributed by atoms with E-state index in [9.17, 15) is 18.0 Å². The molecule has 1 aliphatic heterocycles. The number of carbonyl (C=O) groups is 2. The zero-order chi connectivity index (χ0) is 25.2. The first-order valence-corrected chi connectivity index (χ1v) is 12.7. The summed E-state index contributed by atoms with van der Waals surface area (Å²) in [5, 5.41) is 14.0. The molecule has 3 aromatic rings. The predicted molar refractivity (Wildman–Crippen MR) is 130 cm³/mol. The molecule has 1 unspecified atom stereocenters. The molecular formula is C23H27N7O4S. The minimum absolute atomic E-state index is 0.0665. The van der Waals surface area contributed by atoms with Crippen molar-refractivity contribution in [2.24, 2.45) is 5.92 Å². The molecule has 184 valence electrons. The van der Waals surface area contributed by atoms with Crippen molar-refractivity contribution in [3.63, 3.8) is 0 Å². The number of amides is 2. The van der Waals surface area contributed by atoms with Crippen LogP contribution >= 0.6 is 0 Å². The van der Waals surface area contributed by atoms with Gasteiger partial charge in [-0.15, -0.1) is 5.10 Å². The fourth-order valence-corrected chi connectivity index (χ4v) is 5.50. The zero-order valence-electron chi connectivity index (χ0n) is 19.7. The van der Waals surface area contributed by atoms with Gasteiger partial charge in [0.2, 0.25) is 21.8 Å². The van der Waals surface area contributed by atoms with Crippen LogP contribution in [0.4, 0.5) is 11.4 Å². The van der Waals surface area contributed by atoms with Crippen LogP contribution in [-0.4, -0.2) is 64.4 Å². The highest BCUT2D eigenvalue weighted by atomic mass is 32.2. The Morgan fingerprint density at radius 3 is 2.43 bits per heavy atom. The Morgan fingerprint density at radius 1 is 1.11 bits per heavy atom. The summed E-state index contributed by atoms with van der Waals surface area (Å²) in [6.07, 6.45) is 1.53. The average molecular weight is 498 g/mol. The number of benzene rings is 2. The first kappa shape index (κ1) is 24.5. The molecule has 2 amide bonds. The quantitative estimate of drug-likeness (QED) is 0.504. The van der Waals surface area contributed by atoms with Gasteiger partial charge in [0.25, 0.3) is 0 Å². The first-order valence-electron chi connectivity index (χ1n) is 11.3. The van der Waals surface area contributed by atoms with Crippen molar-refractivity contribution in [3.8, 4) is 5.69 Å². The fourth-order valence-electron chi connectivity index (χ4n) is 4.04. The van der Waals surface area contributed by atoms with Crippen LogP contribution in [0.3, 0.4) is 0 Å². The van der Waals surface area contributed by atoms with Crippen LogP contribution in [-0.2, 0) is 19.6 Å². The molecule has 1 aromatic heterocycles. The van der Waals surface area contributed by atoms with E-state index in [4.69, 9.17) is 0 Å². The molecule has 1 saturated heterocycles. The first-order chi connectivity index (χ1) is 16.7. The summed E-state index contributed by atoms with van der Waals surface area (Å²) in [6.45, 7) is 6.40. The van der Waals surface area contributed by atoms with Crippen molar-refractivity contribution in [1.82, 2.24) is 24.5 Å².